The molecular weight excluding hydrogens is 328 g/mol. The van der Waals surface area contributed by atoms with Gasteiger partial charge < -0.3 is 10.4 Å². The van der Waals surface area contributed by atoms with Crippen LogP contribution in [-0.4, -0.2) is 43.8 Å². The Morgan fingerprint density at radius 2 is 2.19 bits per heavy atom. The number of nitrogens with one attached hydrogen (secondary N) is 2. The van der Waals surface area contributed by atoms with Gasteiger partial charge in [0.05, 0.1) is 5.76 Å². The third-order valence-electron chi connectivity index (χ3n) is 5.19. The number of aliphatic hydroxyl groups is 1. The average Bonchev–Trinajstić information content (AvgIpc) is 3.27. The Hall–Kier alpha value is -2.28. The quantitative estimate of drug-likeness (QED) is 0.688. The van der Waals surface area contributed by atoms with Crippen molar-refractivity contribution in [1.82, 2.24) is 30.9 Å². The molecule has 0 spiro atoms. The van der Waals surface area contributed by atoms with Crippen LogP contribution in [0.2, 0.25) is 0 Å². The third kappa shape index (κ3) is 4.09. The average molecular weight is 356 g/mol. The standard InChI is InChI=1S/C19H28N6O/c1-12(26)17(19(2,3)4)15(18-22-24-25-23-18)9-13-5-6-16(21-10-13)14-7-8-20-11-14/h5-6,10,14-15,17,20,26H,1,7-9,11H2,2-4H3,(H,22,23,24,25)/t14?,15-,17?/m0/s1. The third-order valence-corrected chi connectivity index (χ3v) is 5.19. The Balaban J connectivity index is 1.85. The maximum absolute atomic E-state index is 10.3. The molecule has 3 heterocycles. The second-order valence-electron chi connectivity index (χ2n) is 8.21. The first-order valence-electron chi connectivity index (χ1n) is 9.13. The van der Waals surface area contributed by atoms with Crippen LogP contribution in [0.5, 0.6) is 0 Å². The largest absolute Gasteiger partial charge is 0.513 e. The van der Waals surface area contributed by atoms with Crippen LogP contribution in [0, 0.1) is 11.3 Å². The molecule has 0 aliphatic carbocycles. The van der Waals surface area contributed by atoms with Crippen molar-refractivity contribution in [3.05, 3.63) is 47.7 Å². The molecule has 0 aromatic carbocycles. The second-order valence-corrected chi connectivity index (χ2v) is 8.21. The summed E-state index contributed by atoms with van der Waals surface area (Å²) < 4.78 is 0. The van der Waals surface area contributed by atoms with Gasteiger partial charge in [-0.2, -0.15) is 0 Å². The normalized spacial score (nSPS) is 20.0. The fourth-order valence-electron chi connectivity index (χ4n) is 3.99. The van der Waals surface area contributed by atoms with Crippen LogP contribution in [-0.2, 0) is 6.42 Å². The molecule has 1 saturated heterocycles. The Kier molecular flexibility index (Phi) is 5.36. The van der Waals surface area contributed by atoms with Crippen molar-refractivity contribution in [2.45, 2.75) is 45.4 Å². The van der Waals surface area contributed by atoms with Gasteiger partial charge in [0.15, 0.2) is 5.82 Å². The Bertz CT molecular complexity index is 713. The minimum Gasteiger partial charge on any atom is -0.513 e. The maximum atomic E-state index is 10.3. The molecule has 1 fully saturated rings. The minimum atomic E-state index is -0.188. The molecule has 7 nitrogen and oxygen atoms in total. The number of hydrogen-bond acceptors (Lipinski definition) is 6. The van der Waals surface area contributed by atoms with Gasteiger partial charge in [0.1, 0.15) is 0 Å². The van der Waals surface area contributed by atoms with E-state index in [0.717, 1.165) is 30.8 Å². The maximum Gasteiger partial charge on any atom is 0.152 e. The number of rotatable bonds is 6. The van der Waals surface area contributed by atoms with Gasteiger partial charge in [-0.3, -0.25) is 4.98 Å². The molecule has 3 rings (SSSR count). The summed E-state index contributed by atoms with van der Waals surface area (Å²) in [5, 5.41) is 28.1. The number of aromatic nitrogens is 5. The molecule has 1 aliphatic rings. The number of H-pyrrole nitrogens is 1. The lowest BCUT2D eigenvalue weighted by Crippen LogP contribution is -2.30. The first-order chi connectivity index (χ1) is 12.4. The van der Waals surface area contributed by atoms with Crippen molar-refractivity contribution >= 4 is 0 Å². The van der Waals surface area contributed by atoms with Crippen LogP contribution < -0.4 is 5.32 Å². The molecule has 26 heavy (non-hydrogen) atoms. The zero-order chi connectivity index (χ0) is 18.7. The summed E-state index contributed by atoms with van der Waals surface area (Å²) in [4.78, 5) is 4.67. The highest BCUT2D eigenvalue weighted by molar-refractivity contribution is 5.21. The molecule has 2 aromatic rings. The minimum absolute atomic E-state index is 0.108. The van der Waals surface area contributed by atoms with Crippen LogP contribution >= 0.6 is 0 Å². The van der Waals surface area contributed by atoms with Crippen molar-refractivity contribution in [1.29, 1.82) is 0 Å². The van der Waals surface area contributed by atoms with Crippen LogP contribution in [0.25, 0.3) is 0 Å². The van der Waals surface area contributed by atoms with Crippen molar-refractivity contribution < 1.29 is 5.11 Å². The highest BCUT2D eigenvalue weighted by Gasteiger charge is 2.37. The van der Waals surface area contributed by atoms with E-state index in [0.29, 0.717) is 18.2 Å². The van der Waals surface area contributed by atoms with Crippen LogP contribution in [0.3, 0.4) is 0 Å². The van der Waals surface area contributed by atoms with Crippen molar-refractivity contribution in [2.24, 2.45) is 11.3 Å². The molecule has 0 bridgehead atoms. The highest BCUT2D eigenvalue weighted by Crippen LogP contribution is 2.41. The molecule has 0 radical (unpaired) electrons. The van der Waals surface area contributed by atoms with E-state index in [1.807, 2.05) is 6.20 Å². The SMILES string of the molecule is C=C(O)C([C@H](Cc1ccc(C2CCNC2)nc1)c1nnn[nH]1)C(C)(C)C. The van der Waals surface area contributed by atoms with E-state index in [-0.39, 0.29) is 23.0 Å². The number of pyridine rings is 1. The van der Waals surface area contributed by atoms with Gasteiger partial charge in [0.25, 0.3) is 0 Å². The van der Waals surface area contributed by atoms with Crippen LogP contribution in [0.1, 0.15) is 56.1 Å². The summed E-state index contributed by atoms with van der Waals surface area (Å²) >= 11 is 0. The first kappa shape index (κ1) is 18.5. The fourth-order valence-corrected chi connectivity index (χ4v) is 3.99. The molecule has 7 heteroatoms. The van der Waals surface area contributed by atoms with E-state index in [1.54, 1.807) is 0 Å². The Morgan fingerprint density at radius 3 is 2.69 bits per heavy atom. The number of hydrogen-bond donors (Lipinski definition) is 3. The van der Waals surface area contributed by atoms with Gasteiger partial charge in [-0.15, -0.1) is 5.10 Å². The predicted molar refractivity (Wildman–Crippen MR) is 99.8 cm³/mol. The van der Waals surface area contributed by atoms with E-state index >= 15 is 0 Å². The molecule has 140 valence electrons. The van der Waals surface area contributed by atoms with Gasteiger partial charge in [0, 0.05) is 36.2 Å². The summed E-state index contributed by atoms with van der Waals surface area (Å²) in [6.45, 7) is 12.1. The first-order valence-corrected chi connectivity index (χ1v) is 9.13. The number of allylic oxidation sites excluding steroid dienone is 1. The predicted octanol–water partition coefficient (Wildman–Crippen LogP) is 2.73. The van der Waals surface area contributed by atoms with Gasteiger partial charge >= 0.3 is 0 Å². The molecule has 3 atom stereocenters. The van der Waals surface area contributed by atoms with Crippen molar-refractivity contribution in [2.75, 3.05) is 13.1 Å². The van der Waals surface area contributed by atoms with E-state index < -0.39 is 0 Å². The molecule has 0 amide bonds. The van der Waals surface area contributed by atoms with E-state index in [2.05, 4.69) is 70.4 Å². The smallest absolute Gasteiger partial charge is 0.152 e. The van der Waals surface area contributed by atoms with Gasteiger partial charge in [-0.25, -0.2) is 5.10 Å². The van der Waals surface area contributed by atoms with E-state index in [4.69, 9.17) is 0 Å². The summed E-state index contributed by atoms with van der Waals surface area (Å²) in [5.41, 5.74) is 2.04. The van der Waals surface area contributed by atoms with Gasteiger partial charge in [0.2, 0.25) is 0 Å². The molecule has 2 aromatic heterocycles. The van der Waals surface area contributed by atoms with Crippen molar-refractivity contribution in [3.8, 4) is 0 Å². The molecular formula is C19H28N6O. The summed E-state index contributed by atoms with van der Waals surface area (Å²) in [7, 11) is 0. The topological polar surface area (TPSA) is 99.6 Å². The lowest BCUT2D eigenvalue weighted by molar-refractivity contribution is 0.167. The van der Waals surface area contributed by atoms with E-state index in [1.165, 1.54) is 0 Å². The molecule has 3 N–H and O–H groups in total. The molecule has 0 saturated carbocycles. The summed E-state index contributed by atoms with van der Waals surface area (Å²) in [5.74, 6) is 1.02. The Morgan fingerprint density at radius 1 is 1.38 bits per heavy atom. The van der Waals surface area contributed by atoms with Gasteiger partial charge in [-0.1, -0.05) is 33.4 Å². The zero-order valence-electron chi connectivity index (χ0n) is 15.7. The lowest BCUT2D eigenvalue weighted by atomic mass is 9.70. The van der Waals surface area contributed by atoms with Crippen LogP contribution in [0.4, 0.5) is 0 Å². The van der Waals surface area contributed by atoms with Crippen LogP contribution in [0.15, 0.2) is 30.7 Å². The highest BCUT2D eigenvalue weighted by atomic mass is 16.3. The Labute approximate surface area is 154 Å². The summed E-state index contributed by atoms with van der Waals surface area (Å²) in [6, 6.07) is 4.24. The fraction of sp³-hybridized carbons (Fsp3) is 0.579. The van der Waals surface area contributed by atoms with Gasteiger partial charge in [-0.05, 0) is 46.9 Å². The molecule has 2 unspecified atom stereocenters. The molecule has 1 aliphatic heterocycles. The monoisotopic (exact) mass is 356 g/mol. The van der Waals surface area contributed by atoms with E-state index in [9.17, 15) is 5.11 Å². The second kappa shape index (κ2) is 7.53. The van der Waals surface area contributed by atoms with Crippen molar-refractivity contribution in [3.63, 3.8) is 0 Å². The number of tetrazole rings is 1. The summed E-state index contributed by atoms with van der Waals surface area (Å²) in [6.07, 6.45) is 3.74. The number of nitrogens with zero attached hydrogens (tertiary/aromatic N) is 4. The lowest BCUT2D eigenvalue weighted by Gasteiger charge is -2.35. The number of aliphatic hydroxyl groups excluding tert-OH is 1. The number of aromatic amines is 1. The zero-order valence-corrected chi connectivity index (χ0v) is 15.7.